The van der Waals surface area contributed by atoms with Gasteiger partial charge >= 0.3 is 0 Å². The minimum absolute atomic E-state index is 0. The average molecular weight is 450 g/mol. The van der Waals surface area contributed by atoms with Gasteiger partial charge in [-0.3, -0.25) is 9.69 Å². The first kappa shape index (κ1) is 22.1. The summed E-state index contributed by atoms with van der Waals surface area (Å²) in [6.07, 6.45) is -0.721. The topological polar surface area (TPSA) is 64.1 Å². The van der Waals surface area contributed by atoms with Gasteiger partial charge in [0.25, 0.3) is 5.91 Å². The van der Waals surface area contributed by atoms with Crippen LogP contribution in [-0.2, 0) is 4.79 Å². The van der Waals surface area contributed by atoms with Crippen LogP contribution >= 0.6 is 23.7 Å². The number of nitrogens with zero attached hydrogens (tertiary/aromatic N) is 3. The summed E-state index contributed by atoms with van der Waals surface area (Å²) >= 11 is 1.46. The summed E-state index contributed by atoms with van der Waals surface area (Å²) in [4.78, 5) is 21.8. The first-order valence-corrected chi connectivity index (χ1v) is 10.2. The monoisotopic (exact) mass is 449 g/mol. The van der Waals surface area contributed by atoms with Gasteiger partial charge < -0.3 is 19.1 Å². The number of carbonyl (C=O) groups is 1. The van der Waals surface area contributed by atoms with Crippen LogP contribution in [0.1, 0.15) is 0 Å². The molecule has 4 rings (SSSR count). The Balaban J connectivity index is 0.00000256. The van der Waals surface area contributed by atoms with Crippen molar-refractivity contribution in [1.29, 1.82) is 0 Å². The van der Waals surface area contributed by atoms with Crippen LogP contribution in [0.25, 0.3) is 10.2 Å². The van der Waals surface area contributed by atoms with E-state index < -0.39 is 6.10 Å². The standard InChI is InChI=1S/C21H23N3O4S.ClH/c1-23(2)11-12-24(21-22-19-16(26-3)9-6-10-18(19)29-21)20(25)17-13-27-14-7-4-5-8-15(14)28-17;/h4-10,17H,11-13H2,1-3H3;1H. The number of carbonyl (C=O) groups excluding carboxylic acids is 1. The van der Waals surface area contributed by atoms with E-state index >= 15 is 0 Å². The SMILES string of the molecule is COc1cccc2sc(N(CCN(C)C)C(=O)C3COc4ccccc4O3)nc12.Cl. The molecule has 9 heteroatoms. The first-order chi connectivity index (χ1) is 14.1. The number of anilines is 1. The van der Waals surface area contributed by atoms with Gasteiger partial charge in [0.15, 0.2) is 16.6 Å². The molecule has 2 aromatic carbocycles. The predicted octanol–water partition coefficient (Wildman–Crippen LogP) is 3.46. The Morgan fingerprint density at radius 2 is 1.93 bits per heavy atom. The van der Waals surface area contributed by atoms with E-state index in [0.717, 1.165) is 10.2 Å². The number of benzene rings is 2. The van der Waals surface area contributed by atoms with Gasteiger partial charge in [0.05, 0.1) is 11.8 Å². The summed E-state index contributed by atoms with van der Waals surface area (Å²) in [5.74, 6) is 1.76. The average Bonchev–Trinajstić information content (AvgIpc) is 3.17. The van der Waals surface area contributed by atoms with Gasteiger partial charge in [-0.25, -0.2) is 4.98 Å². The number of halogens is 1. The minimum atomic E-state index is -0.721. The molecule has 0 saturated heterocycles. The molecule has 30 heavy (non-hydrogen) atoms. The molecule has 3 aromatic rings. The smallest absolute Gasteiger partial charge is 0.273 e. The minimum Gasteiger partial charge on any atom is -0.494 e. The fourth-order valence-corrected chi connectivity index (χ4v) is 4.12. The maximum atomic E-state index is 13.4. The van der Waals surface area contributed by atoms with Gasteiger partial charge in [-0.15, -0.1) is 12.4 Å². The highest BCUT2D eigenvalue weighted by Gasteiger charge is 2.33. The number of fused-ring (bicyclic) bond motifs is 2. The summed E-state index contributed by atoms with van der Waals surface area (Å²) in [7, 11) is 5.56. The largest absolute Gasteiger partial charge is 0.494 e. The molecular formula is C21H24ClN3O4S. The van der Waals surface area contributed by atoms with Crippen molar-refractivity contribution in [2.75, 3.05) is 45.8 Å². The van der Waals surface area contributed by atoms with Crippen LogP contribution < -0.4 is 19.1 Å². The summed E-state index contributed by atoms with van der Waals surface area (Å²) < 4.78 is 18.1. The van der Waals surface area contributed by atoms with E-state index in [4.69, 9.17) is 19.2 Å². The molecule has 160 valence electrons. The molecule has 1 aromatic heterocycles. The molecule has 7 nitrogen and oxygen atoms in total. The van der Waals surface area contributed by atoms with Crippen molar-refractivity contribution in [2.24, 2.45) is 0 Å². The lowest BCUT2D eigenvalue weighted by Crippen LogP contribution is -2.48. The van der Waals surface area contributed by atoms with Crippen LogP contribution in [0.5, 0.6) is 17.2 Å². The molecule has 0 fully saturated rings. The Hall–Kier alpha value is -2.55. The number of rotatable bonds is 6. The quantitative estimate of drug-likeness (QED) is 0.574. The highest BCUT2D eigenvalue weighted by molar-refractivity contribution is 7.22. The lowest BCUT2D eigenvalue weighted by atomic mass is 10.2. The second-order valence-corrected chi connectivity index (χ2v) is 7.97. The highest BCUT2D eigenvalue weighted by atomic mass is 35.5. The maximum Gasteiger partial charge on any atom is 0.273 e. The number of para-hydroxylation sites is 3. The van der Waals surface area contributed by atoms with Gasteiger partial charge in [-0.05, 0) is 38.4 Å². The number of amides is 1. The molecule has 1 atom stereocenters. The number of hydrogen-bond acceptors (Lipinski definition) is 7. The van der Waals surface area contributed by atoms with Crippen LogP contribution in [0.4, 0.5) is 5.13 Å². The van der Waals surface area contributed by atoms with Crippen molar-refractivity contribution in [1.82, 2.24) is 9.88 Å². The lowest BCUT2D eigenvalue weighted by molar-refractivity contribution is -0.127. The van der Waals surface area contributed by atoms with Crippen molar-refractivity contribution in [2.45, 2.75) is 6.10 Å². The number of hydrogen-bond donors (Lipinski definition) is 0. The van der Waals surface area contributed by atoms with Crippen LogP contribution in [0, 0.1) is 0 Å². The third-order valence-corrected chi connectivity index (χ3v) is 5.69. The van der Waals surface area contributed by atoms with Gasteiger partial charge in [0.1, 0.15) is 17.9 Å². The van der Waals surface area contributed by atoms with Crippen LogP contribution in [0.15, 0.2) is 42.5 Å². The summed E-state index contributed by atoms with van der Waals surface area (Å²) in [5, 5.41) is 0.624. The zero-order valence-corrected chi connectivity index (χ0v) is 18.7. The van der Waals surface area contributed by atoms with Crippen molar-refractivity contribution in [3.05, 3.63) is 42.5 Å². The Bertz CT molecular complexity index is 1030. The molecular weight excluding hydrogens is 426 g/mol. The molecule has 1 unspecified atom stereocenters. The van der Waals surface area contributed by atoms with E-state index in [1.807, 2.05) is 61.5 Å². The van der Waals surface area contributed by atoms with E-state index in [9.17, 15) is 4.79 Å². The predicted molar refractivity (Wildman–Crippen MR) is 121 cm³/mol. The molecule has 0 N–H and O–H groups in total. The third-order valence-electron chi connectivity index (χ3n) is 4.64. The fraction of sp³-hybridized carbons (Fsp3) is 0.333. The first-order valence-electron chi connectivity index (χ1n) is 9.35. The molecule has 1 aliphatic rings. The Labute approximate surface area is 185 Å². The number of likely N-dealkylation sites (N-methyl/N-ethyl adjacent to an activating group) is 1. The second-order valence-electron chi connectivity index (χ2n) is 6.96. The molecule has 1 aliphatic heterocycles. The number of aromatic nitrogens is 1. The van der Waals surface area contributed by atoms with Crippen molar-refractivity contribution in [3.8, 4) is 17.2 Å². The van der Waals surface area contributed by atoms with Crippen LogP contribution in [0.2, 0.25) is 0 Å². The maximum absolute atomic E-state index is 13.4. The molecule has 1 amide bonds. The highest BCUT2D eigenvalue weighted by Crippen LogP contribution is 2.35. The van der Waals surface area contributed by atoms with E-state index in [2.05, 4.69) is 0 Å². The molecule has 2 heterocycles. The van der Waals surface area contributed by atoms with Crippen LogP contribution in [-0.4, -0.2) is 62.8 Å². The molecule has 0 aliphatic carbocycles. The lowest BCUT2D eigenvalue weighted by Gasteiger charge is -2.30. The Morgan fingerprint density at radius 3 is 2.67 bits per heavy atom. The third kappa shape index (κ3) is 4.45. The number of methoxy groups -OCH3 is 1. The zero-order chi connectivity index (χ0) is 20.4. The summed E-state index contributed by atoms with van der Waals surface area (Å²) in [5.41, 5.74) is 0.754. The normalized spacial score (nSPS) is 15.0. The van der Waals surface area contributed by atoms with Gasteiger partial charge in [-0.2, -0.15) is 0 Å². The van der Waals surface area contributed by atoms with Gasteiger partial charge in [0.2, 0.25) is 6.10 Å². The van der Waals surface area contributed by atoms with Crippen molar-refractivity contribution in [3.63, 3.8) is 0 Å². The van der Waals surface area contributed by atoms with E-state index in [0.29, 0.717) is 35.5 Å². The van der Waals surface area contributed by atoms with Crippen molar-refractivity contribution < 1.29 is 19.0 Å². The fourth-order valence-electron chi connectivity index (χ4n) is 3.11. The van der Waals surface area contributed by atoms with Crippen LogP contribution in [0.3, 0.4) is 0 Å². The Morgan fingerprint density at radius 1 is 1.17 bits per heavy atom. The van der Waals surface area contributed by atoms with E-state index in [1.165, 1.54) is 11.3 Å². The number of thiazole rings is 1. The summed E-state index contributed by atoms with van der Waals surface area (Å²) in [6.45, 7) is 1.36. The molecule has 0 spiro atoms. The van der Waals surface area contributed by atoms with E-state index in [-0.39, 0.29) is 24.9 Å². The molecule has 0 saturated carbocycles. The Kier molecular flexibility index (Phi) is 7.02. The number of ether oxygens (including phenoxy) is 3. The molecule has 0 bridgehead atoms. The second kappa shape index (κ2) is 9.51. The van der Waals surface area contributed by atoms with Gasteiger partial charge in [0, 0.05) is 13.1 Å². The zero-order valence-electron chi connectivity index (χ0n) is 17.0. The van der Waals surface area contributed by atoms with Crippen molar-refractivity contribution >= 4 is 45.0 Å². The van der Waals surface area contributed by atoms with Gasteiger partial charge in [-0.1, -0.05) is 29.5 Å². The van der Waals surface area contributed by atoms with E-state index in [1.54, 1.807) is 12.0 Å². The molecule has 0 radical (unpaired) electrons. The summed E-state index contributed by atoms with van der Waals surface area (Å²) in [6, 6.07) is 13.1.